The molecule has 1 fully saturated rings. The third-order valence-corrected chi connectivity index (χ3v) is 5.73. The number of hydrogen-bond donors (Lipinski definition) is 0. The number of carbonyl (C=O) groups excluding carboxylic acids is 1. The van der Waals surface area contributed by atoms with Gasteiger partial charge in [-0.1, -0.05) is 18.2 Å². The Morgan fingerprint density at radius 2 is 1.85 bits per heavy atom. The van der Waals surface area contributed by atoms with Gasteiger partial charge in [-0.25, -0.2) is 4.68 Å². The number of carbonyl (C=O) groups is 1. The number of fused-ring (bicyclic) bond motifs is 1. The SMILES string of the molecule is CCN(C(=O)C(C)c1nn(CC)c(=O)c2ccccc12)C1CCN(C)CC1. The molecule has 1 aromatic heterocycles. The zero-order valence-corrected chi connectivity index (χ0v) is 16.8. The molecule has 0 N–H and O–H groups in total. The van der Waals surface area contributed by atoms with Crippen molar-refractivity contribution in [2.45, 2.75) is 52.1 Å². The molecule has 27 heavy (non-hydrogen) atoms. The van der Waals surface area contributed by atoms with Crippen LogP contribution < -0.4 is 5.56 Å². The number of likely N-dealkylation sites (N-methyl/N-ethyl adjacent to an activating group) is 1. The lowest BCUT2D eigenvalue weighted by atomic mass is 9.97. The van der Waals surface area contributed by atoms with E-state index in [1.54, 1.807) is 0 Å². The van der Waals surface area contributed by atoms with Crippen molar-refractivity contribution in [1.29, 1.82) is 0 Å². The van der Waals surface area contributed by atoms with E-state index < -0.39 is 0 Å². The lowest BCUT2D eigenvalue weighted by Gasteiger charge is -2.38. The van der Waals surface area contributed by atoms with Gasteiger partial charge in [-0.15, -0.1) is 0 Å². The van der Waals surface area contributed by atoms with Crippen LogP contribution in [-0.4, -0.2) is 58.2 Å². The summed E-state index contributed by atoms with van der Waals surface area (Å²) in [6, 6.07) is 7.76. The monoisotopic (exact) mass is 370 g/mol. The maximum absolute atomic E-state index is 13.4. The maximum Gasteiger partial charge on any atom is 0.274 e. The van der Waals surface area contributed by atoms with Gasteiger partial charge in [0.15, 0.2) is 0 Å². The third kappa shape index (κ3) is 3.76. The number of aryl methyl sites for hydroxylation is 1. The van der Waals surface area contributed by atoms with Crippen LogP contribution in [0.4, 0.5) is 0 Å². The van der Waals surface area contributed by atoms with Crippen molar-refractivity contribution >= 4 is 16.7 Å². The summed E-state index contributed by atoms with van der Waals surface area (Å²) >= 11 is 0. The predicted molar refractivity (Wildman–Crippen MR) is 108 cm³/mol. The van der Waals surface area contributed by atoms with E-state index in [2.05, 4.69) is 17.0 Å². The Balaban J connectivity index is 1.97. The van der Waals surface area contributed by atoms with E-state index in [1.807, 2.05) is 49.9 Å². The first-order chi connectivity index (χ1) is 13.0. The average molecular weight is 370 g/mol. The largest absolute Gasteiger partial charge is 0.339 e. The summed E-state index contributed by atoms with van der Waals surface area (Å²) in [4.78, 5) is 30.3. The molecule has 0 aliphatic carbocycles. The molecule has 2 heterocycles. The van der Waals surface area contributed by atoms with Crippen molar-refractivity contribution in [3.05, 3.63) is 40.3 Å². The summed E-state index contributed by atoms with van der Waals surface area (Å²) in [5.74, 6) is -0.279. The summed E-state index contributed by atoms with van der Waals surface area (Å²) in [7, 11) is 2.13. The molecular weight excluding hydrogens is 340 g/mol. The van der Waals surface area contributed by atoms with Gasteiger partial charge in [-0.3, -0.25) is 9.59 Å². The minimum Gasteiger partial charge on any atom is -0.339 e. The fourth-order valence-corrected chi connectivity index (χ4v) is 4.06. The number of aromatic nitrogens is 2. The first-order valence-corrected chi connectivity index (χ1v) is 9.96. The van der Waals surface area contributed by atoms with Crippen molar-refractivity contribution in [2.24, 2.45) is 0 Å². The van der Waals surface area contributed by atoms with Crippen LogP contribution in [0, 0.1) is 0 Å². The Kier molecular flexibility index (Phi) is 5.95. The molecule has 3 rings (SSSR count). The summed E-state index contributed by atoms with van der Waals surface area (Å²) in [5, 5.41) is 5.98. The summed E-state index contributed by atoms with van der Waals surface area (Å²) in [6.07, 6.45) is 2.01. The summed E-state index contributed by atoms with van der Waals surface area (Å²) in [6.45, 7) is 9.08. The molecule has 0 saturated carbocycles. The Hall–Kier alpha value is -2.21. The molecule has 2 aromatic rings. The number of hydrogen-bond acceptors (Lipinski definition) is 4. The molecule has 1 aliphatic heterocycles. The third-order valence-electron chi connectivity index (χ3n) is 5.73. The van der Waals surface area contributed by atoms with Crippen LogP contribution in [0.5, 0.6) is 0 Å². The van der Waals surface area contributed by atoms with Gasteiger partial charge in [0, 0.05) is 24.5 Å². The minimum atomic E-state index is -0.382. The fourth-order valence-electron chi connectivity index (χ4n) is 4.06. The van der Waals surface area contributed by atoms with Gasteiger partial charge in [0.25, 0.3) is 5.56 Å². The highest BCUT2D eigenvalue weighted by Crippen LogP contribution is 2.26. The smallest absolute Gasteiger partial charge is 0.274 e. The topological polar surface area (TPSA) is 58.4 Å². The fraction of sp³-hybridized carbons (Fsp3) is 0.571. The average Bonchev–Trinajstić information content (AvgIpc) is 2.70. The summed E-state index contributed by atoms with van der Waals surface area (Å²) < 4.78 is 1.47. The zero-order chi connectivity index (χ0) is 19.6. The van der Waals surface area contributed by atoms with E-state index in [0.717, 1.165) is 31.3 Å². The van der Waals surface area contributed by atoms with Crippen LogP contribution in [0.2, 0.25) is 0 Å². The zero-order valence-electron chi connectivity index (χ0n) is 16.8. The van der Waals surface area contributed by atoms with E-state index in [4.69, 9.17) is 0 Å². The van der Waals surface area contributed by atoms with Crippen LogP contribution in [-0.2, 0) is 11.3 Å². The number of rotatable bonds is 5. The first kappa shape index (κ1) is 19.5. The van der Waals surface area contributed by atoms with Crippen molar-refractivity contribution in [2.75, 3.05) is 26.7 Å². The molecule has 1 aromatic carbocycles. The Morgan fingerprint density at radius 3 is 2.44 bits per heavy atom. The van der Waals surface area contributed by atoms with E-state index >= 15 is 0 Å². The van der Waals surface area contributed by atoms with E-state index in [-0.39, 0.29) is 23.4 Å². The minimum absolute atomic E-state index is 0.0980. The van der Waals surface area contributed by atoms with Gasteiger partial charge >= 0.3 is 0 Å². The van der Waals surface area contributed by atoms with Crippen LogP contribution in [0.15, 0.2) is 29.1 Å². The molecule has 1 saturated heterocycles. The number of nitrogens with zero attached hydrogens (tertiary/aromatic N) is 4. The maximum atomic E-state index is 13.4. The highest BCUT2D eigenvalue weighted by atomic mass is 16.2. The second-order valence-corrected chi connectivity index (χ2v) is 7.43. The Bertz CT molecular complexity index is 868. The van der Waals surface area contributed by atoms with Gasteiger partial charge in [0.2, 0.25) is 5.91 Å². The lowest BCUT2D eigenvalue weighted by Crippen LogP contribution is -2.47. The molecule has 146 valence electrons. The molecule has 1 unspecified atom stereocenters. The quantitative estimate of drug-likeness (QED) is 0.811. The number of piperidine rings is 1. The molecule has 0 radical (unpaired) electrons. The van der Waals surface area contributed by atoms with Gasteiger partial charge < -0.3 is 9.80 Å². The normalized spacial score (nSPS) is 17.2. The molecule has 1 amide bonds. The van der Waals surface area contributed by atoms with Crippen LogP contribution in [0.3, 0.4) is 0 Å². The summed E-state index contributed by atoms with van der Waals surface area (Å²) in [5.41, 5.74) is 0.600. The number of likely N-dealkylation sites (tertiary alicyclic amines) is 1. The van der Waals surface area contributed by atoms with E-state index in [0.29, 0.717) is 24.2 Å². The highest BCUT2D eigenvalue weighted by molar-refractivity contribution is 5.91. The molecule has 6 nitrogen and oxygen atoms in total. The Labute approximate surface area is 160 Å². The molecule has 0 bridgehead atoms. The Morgan fingerprint density at radius 1 is 1.22 bits per heavy atom. The molecule has 1 aliphatic rings. The highest BCUT2D eigenvalue weighted by Gasteiger charge is 2.31. The number of benzene rings is 1. The second kappa shape index (κ2) is 8.21. The predicted octanol–water partition coefficient (Wildman–Crippen LogP) is 2.46. The standard InChI is InChI=1S/C21H30N4O2/c1-5-24(16-11-13-23(4)14-12-16)20(26)15(3)19-17-9-7-8-10-18(17)21(27)25(6-2)22-19/h7-10,15-16H,5-6,11-14H2,1-4H3. The van der Waals surface area contributed by atoms with Crippen molar-refractivity contribution < 1.29 is 4.79 Å². The van der Waals surface area contributed by atoms with E-state index in [9.17, 15) is 9.59 Å². The second-order valence-electron chi connectivity index (χ2n) is 7.43. The van der Waals surface area contributed by atoms with Gasteiger partial charge in [-0.05, 0) is 59.8 Å². The number of amides is 1. The van der Waals surface area contributed by atoms with Crippen LogP contribution >= 0.6 is 0 Å². The molecule has 1 atom stereocenters. The molecular formula is C21H30N4O2. The van der Waals surface area contributed by atoms with Gasteiger partial charge in [-0.2, -0.15) is 5.10 Å². The van der Waals surface area contributed by atoms with Crippen LogP contribution in [0.1, 0.15) is 45.2 Å². The molecule has 0 spiro atoms. The van der Waals surface area contributed by atoms with E-state index in [1.165, 1.54) is 4.68 Å². The van der Waals surface area contributed by atoms with Crippen molar-refractivity contribution in [3.8, 4) is 0 Å². The van der Waals surface area contributed by atoms with Gasteiger partial charge in [0.05, 0.1) is 17.0 Å². The molecule has 6 heteroatoms. The van der Waals surface area contributed by atoms with Crippen molar-refractivity contribution in [3.63, 3.8) is 0 Å². The lowest BCUT2D eigenvalue weighted by molar-refractivity contribution is -0.135. The van der Waals surface area contributed by atoms with Crippen molar-refractivity contribution in [1.82, 2.24) is 19.6 Å². The first-order valence-electron chi connectivity index (χ1n) is 9.96. The van der Waals surface area contributed by atoms with Gasteiger partial charge in [0.1, 0.15) is 0 Å². The van der Waals surface area contributed by atoms with Crippen LogP contribution in [0.25, 0.3) is 10.8 Å².